The number of nitrogens with zero attached hydrogens (tertiary/aromatic N) is 2. The van der Waals surface area contributed by atoms with Crippen LogP contribution in [0.1, 0.15) is 32.6 Å². The molecule has 1 aromatic heterocycles. The molecule has 1 N–H and O–H groups in total. The maximum atomic E-state index is 12.1. The Morgan fingerprint density at radius 3 is 2.29 bits per heavy atom. The Hall–Kier alpha value is -2.54. The van der Waals surface area contributed by atoms with Crippen LogP contribution in [0, 0.1) is 0 Å². The van der Waals surface area contributed by atoms with E-state index in [0.29, 0.717) is 23.4 Å². The van der Waals surface area contributed by atoms with E-state index in [1.54, 1.807) is 12.1 Å². The van der Waals surface area contributed by atoms with Gasteiger partial charge in [-0.2, -0.15) is 0 Å². The van der Waals surface area contributed by atoms with Crippen LogP contribution in [0.15, 0.2) is 36.7 Å². The molecule has 0 spiro atoms. The molecule has 28 heavy (non-hydrogen) atoms. The molecule has 150 valence electrons. The third-order valence-electron chi connectivity index (χ3n) is 4.41. The number of carbonyl (C=O) groups excluding carboxylic acids is 1. The third-order valence-corrected chi connectivity index (χ3v) is 4.61. The molecule has 8 heteroatoms. The van der Waals surface area contributed by atoms with Gasteiger partial charge >= 0.3 is 6.01 Å². The fourth-order valence-corrected chi connectivity index (χ4v) is 3.15. The lowest BCUT2D eigenvalue weighted by Gasteiger charge is -2.28. The van der Waals surface area contributed by atoms with Gasteiger partial charge in [0.05, 0.1) is 24.0 Å². The molecule has 0 saturated heterocycles. The minimum atomic E-state index is -0.126. The van der Waals surface area contributed by atoms with Crippen molar-refractivity contribution in [3.05, 3.63) is 41.7 Å². The second-order valence-electron chi connectivity index (χ2n) is 6.54. The van der Waals surface area contributed by atoms with Gasteiger partial charge in [0.15, 0.2) is 6.61 Å². The zero-order chi connectivity index (χ0) is 19.8. The average Bonchev–Trinajstić information content (AvgIpc) is 2.71. The molecule has 0 radical (unpaired) electrons. The molecular formula is C20H24ClN3O4. The van der Waals surface area contributed by atoms with Gasteiger partial charge in [-0.15, -0.1) is 0 Å². The third kappa shape index (κ3) is 6.27. The Kier molecular flexibility index (Phi) is 7.31. The molecule has 7 nitrogen and oxygen atoms in total. The summed E-state index contributed by atoms with van der Waals surface area (Å²) in [6.45, 7) is 2.53. The second kappa shape index (κ2) is 10.1. The van der Waals surface area contributed by atoms with Crippen LogP contribution in [-0.4, -0.2) is 41.2 Å². The number of halogens is 1. The van der Waals surface area contributed by atoms with Crippen LogP contribution >= 0.6 is 11.6 Å². The number of rotatable bonds is 8. The topological polar surface area (TPSA) is 82.6 Å². The Labute approximate surface area is 169 Å². The summed E-state index contributed by atoms with van der Waals surface area (Å²) in [5, 5.41) is 3.50. The van der Waals surface area contributed by atoms with Crippen LogP contribution in [0.3, 0.4) is 0 Å². The minimum Gasteiger partial charge on any atom is -0.494 e. The van der Waals surface area contributed by atoms with Crippen LogP contribution in [-0.2, 0) is 4.79 Å². The van der Waals surface area contributed by atoms with E-state index in [1.165, 1.54) is 12.4 Å². The van der Waals surface area contributed by atoms with Crippen LogP contribution in [0.2, 0.25) is 5.02 Å². The molecule has 0 atom stereocenters. The van der Waals surface area contributed by atoms with Crippen LogP contribution in [0.4, 0.5) is 0 Å². The summed E-state index contributed by atoms with van der Waals surface area (Å²) >= 11 is 5.77. The van der Waals surface area contributed by atoms with Crippen molar-refractivity contribution >= 4 is 17.5 Å². The predicted octanol–water partition coefficient (Wildman–Crippen LogP) is 3.41. The van der Waals surface area contributed by atoms with Gasteiger partial charge in [-0.25, -0.2) is 9.97 Å². The van der Waals surface area contributed by atoms with E-state index >= 15 is 0 Å². The highest BCUT2D eigenvalue weighted by Crippen LogP contribution is 2.22. The smallest absolute Gasteiger partial charge is 0.316 e. The SMILES string of the molecule is CCOc1ccc(OCC(=O)NC2CCC(Oc3ncc(Cl)cn3)CC2)cc1. The summed E-state index contributed by atoms with van der Waals surface area (Å²) in [4.78, 5) is 20.2. The zero-order valence-electron chi connectivity index (χ0n) is 15.8. The van der Waals surface area contributed by atoms with Crippen molar-refractivity contribution in [3.8, 4) is 17.5 Å². The summed E-state index contributed by atoms with van der Waals surface area (Å²) in [5.74, 6) is 1.29. The van der Waals surface area contributed by atoms with Crippen molar-refractivity contribution < 1.29 is 19.0 Å². The fraction of sp³-hybridized carbons (Fsp3) is 0.450. The van der Waals surface area contributed by atoms with Gasteiger partial charge < -0.3 is 19.5 Å². The summed E-state index contributed by atoms with van der Waals surface area (Å²) in [5.41, 5.74) is 0. The molecule has 0 aliphatic heterocycles. The van der Waals surface area contributed by atoms with E-state index in [-0.39, 0.29) is 24.7 Å². The number of amides is 1. The van der Waals surface area contributed by atoms with Crippen LogP contribution in [0.25, 0.3) is 0 Å². The Bertz CT molecular complexity index is 747. The van der Waals surface area contributed by atoms with Gasteiger partial charge in [0.25, 0.3) is 5.91 Å². The molecule has 1 aliphatic rings. The predicted molar refractivity (Wildman–Crippen MR) is 105 cm³/mol. The molecule has 0 unspecified atom stereocenters. The highest BCUT2D eigenvalue weighted by molar-refractivity contribution is 6.30. The lowest BCUT2D eigenvalue weighted by molar-refractivity contribution is -0.124. The molecule has 1 aliphatic carbocycles. The van der Waals surface area contributed by atoms with E-state index in [0.717, 1.165) is 31.4 Å². The van der Waals surface area contributed by atoms with E-state index in [9.17, 15) is 4.79 Å². The molecule has 0 bridgehead atoms. The van der Waals surface area contributed by atoms with E-state index in [4.69, 9.17) is 25.8 Å². The Balaban J connectivity index is 1.35. The van der Waals surface area contributed by atoms with Gasteiger partial charge in [-0.05, 0) is 56.9 Å². The van der Waals surface area contributed by atoms with Gasteiger partial charge in [0.1, 0.15) is 17.6 Å². The molecule has 1 amide bonds. The zero-order valence-corrected chi connectivity index (χ0v) is 16.5. The van der Waals surface area contributed by atoms with Crippen molar-refractivity contribution in [1.29, 1.82) is 0 Å². The first-order valence-corrected chi connectivity index (χ1v) is 9.79. The second-order valence-corrected chi connectivity index (χ2v) is 6.97. The van der Waals surface area contributed by atoms with Crippen molar-refractivity contribution in [2.45, 2.75) is 44.8 Å². The standard InChI is InChI=1S/C20H24ClN3O4/c1-2-26-16-7-9-17(10-8-16)27-13-19(25)24-15-3-5-18(6-4-15)28-20-22-11-14(21)12-23-20/h7-12,15,18H,2-6,13H2,1H3,(H,24,25). The maximum absolute atomic E-state index is 12.1. The first kappa shape index (κ1) is 20.2. The van der Waals surface area contributed by atoms with Crippen LogP contribution < -0.4 is 19.5 Å². The summed E-state index contributed by atoms with van der Waals surface area (Å²) in [7, 11) is 0. The Morgan fingerprint density at radius 2 is 1.68 bits per heavy atom. The van der Waals surface area contributed by atoms with E-state index in [1.807, 2.05) is 19.1 Å². The summed E-state index contributed by atoms with van der Waals surface area (Å²) in [6.07, 6.45) is 6.42. The highest BCUT2D eigenvalue weighted by Gasteiger charge is 2.24. The van der Waals surface area contributed by atoms with Crippen molar-refractivity contribution in [2.75, 3.05) is 13.2 Å². The van der Waals surface area contributed by atoms with Gasteiger partial charge in [-0.1, -0.05) is 11.6 Å². The number of ether oxygens (including phenoxy) is 3. The van der Waals surface area contributed by atoms with Gasteiger partial charge in [0, 0.05) is 6.04 Å². The number of hydrogen-bond acceptors (Lipinski definition) is 6. The number of benzene rings is 1. The first-order chi connectivity index (χ1) is 13.6. The van der Waals surface area contributed by atoms with Crippen molar-refractivity contribution in [1.82, 2.24) is 15.3 Å². The van der Waals surface area contributed by atoms with E-state index < -0.39 is 0 Å². The number of hydrogen-bond donors (Lipinski definition) is 1. The van der Waals surface area contributed by atoms with Crippen LogP contribution in [0.5, 0.6) is 17.5 Å². The molecule has 1 fully saturated rings. The first-order valence-electron chi connectivity index (χ1n) is 9.41. The fourth-order valence-electron chi connectivity index (χ4n) is 3.05. The maximum Gasteiger partial charge on any atom is 0.316 e. The van der Waals surface area contributed by atoms with Crippen molar-refractivity contribution in [3.63, 3.8) is 0 Å². The molecule has 1 saturated carbocycles. The Morgan fingerprint density at radius 1 is 1.07 bits per heavy atom. The quantitative estimate of drug-likeness (QED) is 0.724. The lowest BCUT2D eigenvalue weighted by Crippen LogP contribution is -2.41. The number of aromatic nitrogens is 2. The minimum absolute atomic E-state index is 0.0109. The van der Waals surface area contributed by atoms with Gasteiger partial charge in [-0.3, -0.25) is 4.79 Å². The lowest BCUT2D eigenvalue weighted by atomic mass is 9.93. The summed E-state index contributed by atoms with van der Waals surface area (Å²) < 4.78 is 16.7. The molecule has 2 aromatic rings. The largest absolute Gasteiger partial charge is 0.494 e. The molecule has 1 aromatic carbocycles. The number of carbonyl (C=O) groups is 1. The van der Waals surface area contributed by atoms with E-state index in [2.05, 4.69) is 15.3 Å². The number of nitrogens with one attached hydrogen (secondary N) is 1. The average molecular weight is 406 g/mol. The van der Waals surface area contributed by atoms with Gasteiger partial charge in [0.2, 0.25) is 0 Å². The normalized spacial score (nSPS) is 18.9. The van der Waals surface area contributed by atoms with Crippen molar-refractivity contribution in [2.24, 2.45) is 0 Å². The molecular weight excluding hydrogens is 382 g/mol. The molecule has 1 heterocycles. The monoisotopic (exact) mass is 405 g/mol. The summed E-state index contributed by atoms with van der Waals surface area (Å²) in [6, 6.07) is 7.69. The highest BCUT2D eigenvalue weighted by atomic mass is 35.5. The molecule has 3 rings (SSSR count).